The Bertz CT molecular complexity index is 1120. The van der Waals surface area contributed by atoms with Crippen LogP contribution in [0, 0.1) is 19.3 Å². The van der Waals surface area contributed by atoms with Crippen LogP contribution in [-0.4, -0.2) is 39.1 Å². The molecular formula is C19H16ClN5O2S. The topological polar surface area (TPSA) is 83.0 Å². The number of aryl methyl sites for hydroxylation is 1. The first kappa shape index (κ1) is 18.5. The lowest BCUT2D eigenvalue weighted by Gasteiger charge is -2.20. The molecule has 0 spiro atoms. The Kier molecular flexibility index (Phi) is 4.60. The summed E-state index contributed by atoms with van der Waals surface area (Å²) in [7, 11) is 1.61. The number of rotatable bonds is 3. The summed E-state index contributed by atoms with van der Waals surface area (Å²) in [5.41, 5.74) is 5.20. The number of carbonyl (C=O) groups is 1. The molecule has 1 N–H and O–H groups in total. The molecule has 2 aliphatic rings. The zero-order chi connectivity index (χ0) is 20.0. The van der Waals surface area contributed by atoms with Crippen LogP contribution in [0.15, 0.2) is 39.9 Å². The summed E-state index contributed by atoms with van der Waals surface area (Å²) in [6.07, 6.45) is 1.68. The molecule has 1 aromatic heterocycles. The van der Waals surface area contributed by atoms with Gasteiger partial charge in [-0.15, -0.1) is 0 Å². The third-order valence-electron chi connectivity index (χ3n) is 4.55. The number of aromatic nitrogens is 1. The van der Waals surface area contributed by atoms with Crippen LogP contribution in [0.3, 0.4) is 0 Å². The first-order chi connectivity index (χ1) is 13.4. The molecule has 142 valence electrons. The molecule has 0 saturated heterocycles. The van der Waals surface area contributed by atoms with Crippen molar-refractivity contribution in [2.24, 2.45) is 10.1 Å². The molecule has 7 nitrogen and oxygen atoms in total. The van der Waals surface area contributed by atoms with Crippen molar-refractivity contribution in [1.29, 1.82) is 5.41 Å². The van der Waals surface area contributed by atoms with Gasteiger partial charge in [0.05, 0.1) is 23.9 Å². The Labute approximate surface area is 170 Å². The number of ether oxygens (including phenoxy) is 1. The summed E-state index contributed by atoms with van der Waals surface area (Å²) in [6, 6.07) is 7.36. The summed E-state index contributed by atoms with van der Waals surface area (Å²) in [6.45, 7) is 3.90. The number of nitrogens with one attached hydrogen (secondary N) is 1. The second-order valence-corrected chi connectivity index (χ2v) is 7.48. The van der Waals surface area contributed by atoms with Crippen LogP contribution in [-0.2, 0) is 4.79 Å². The van der Waals surface area contributed by atoms with E-state index in [0.717, 1.165) is 22.6 Å². The Balaban J connectivity index is 1.82. The number of benzene rings is 1. The second kappa shape index (κ2) is 6.96. The van der Waals surface area contributed by atoms with Crippen molar-refractivity contribution < 1.29 is 9.53 Å². The number of nitrogens with zero attached hydrogens (tertiary/aromatic N) is 4. The van der Waals surface area contributed by atoms with Crippen molar-refractivity contribution in [1.82, 2.24) is 9.58 Å². The molecule has 4 rings (SSSR count). The summed E-state index contributed by atoms with van der Waals surface area (Å²) in [5, 5.41) is 14.8. The predicted molar refractivity (Wildman–Crippen MR) is 113 cm³/mol. The van der Waals surface area contributed by atoms with E-state index in [-0.39, 0.29) is 11.4 Å². The van der Waals surface area contributed by atoms with E-state index < -0.39 is 5.91 Å². The van der Waals surface area contributed by atoms with Crippen molar-refractivity contribution in [3.05, 3.63) is 51.8 Å². The van der Waals surface area contributed by atoms with Crippen molar-refractivity contribution >= 4 is 51.9 Å². The normalized spacial score (nSPS) is 17.4. The molecule has 1 aromatic carbocycles. The summed E-state index contributed by atoms with van der Waals surface area (Å²) in [5.74, 6) is 0.255. The standard InChI is InChI=1S/C19H16ClN5O2S/c1-10-6-12(7-14-17(21)25-19(23-18(14)26)28-9-22-25)11(2)24(10)15-8-13(20)4-5-16(15)27-3/h4-9,21H,1-3H3/b14-7+,21-17?. The van der Waals surface area contributed by atoms with Crippen molar-refractivity contribution in [2.75, 3.05) is 7.11 Å². The van der Waals surface area contributed by atoms with Crippen LogP contribution >= 0.6 is 23.4 Å². The van der Waals surface area contributed by atoms with Crippen LogP contribution in [0.4, 0.5) is 0 Å². The number of methoxy groups -OCH3 is 1. The van der Waals surface area contributed by atoms with E-state index in [4.69, 9.17) is 21.7 Å². The monoisotopic (exact) mass is 413 g/mol. The lowest BCUT2D eigenvalue weighted by atomic mass is 10.1. The maximum absolute atomic E-state index is 12.4. The number of fused-ring (bicyclic) bond motifs is 1. The second-order valence-electron chi connectivity index (χ2n) is 6.23. The van der Waals surface area contributed by atoms with Crippen LogP contribution in [0.25, 0.3) is 11.8 Å². The van der Waals surface area contributed by atoms with Gasteiger partial charge in [0.25, 0.3) is 5.91 Å². The zero-order valence-corrected chi connectivity index (χ0v) is 16.9. The molecule has 9 heteroatoms. The summed E-state index contributed by atoms with van der Waals surface area (Å²) in [4.78, 5) is 16.4. The average Bonchev–Trinajstić information content (AvgIpc) is 3.23. The van der Waals surface area contributed by atoms with Gasteiger partial charge in [0.1, 0.15) is 5.75 Å². The number of halogens is 1. The fourth-order valence-corrected chi connectivity index (χ4v) is 4.01. The maximum atomic E-state index is 12.4. The van der Waals surface area contributed by atoms with Crippen molar-refractivity contribution in [3.63, 3.8) is 0 Å². The number of thioether (sulfide) groups is 1. The highest BCUT2D eigenvalue weighted by Gasteiger charge is 2.32. The summed E-state index contributed by atoms with van der Waals surface area (Å²) >= 11 is 7.41. The number of aliphatic imine (C=N–C) groups is 1. The van der Waals surface area contributed by atoms with Crippen LogP contribution < -0.4 is 4.74 Å². The van der Waals surface area contributed by atoms with Gasteiger partial charge in [-0.1, -0.05) is 11.6 Å². The molecule has 3 heterocycles. The van der Waals surface area contributed by atoms with E-state index in [2.05, 4.69) is 10.1 Å². The molecule has 0 aliphatic carbocycles. The van der Waals surface area contributed by atoms with Gasteiger partial charge in [0.15, 0.2) is 11.0 Å². The van der Waals surface area contributed by atoms with Gasteiger partial charge in [-0.3, -0.25) is 10.2 Å². The van der Waals surface area contributed by atoms with E-state index in [1.807, 2.05) is 36.6 Å². The highest BCUT2D eigenvalue weighted by molar-refractivity contribution is 8.25. The quantitative estimate of drug-likeness (QED) is 0.771. The number of hydrogen-bond donors (Lipinski definition) is 1. The van der Waals surface area contributed by atoms with E-state index >= 15 is 0 Å². The number of hydrazone groups is 1. The molecule has 0 atom stereocenters. The Morgan fingerprint density at radius 1 is 1.29 bits per heavy atom. The molecule has 2 aliphatic heterocycles. The largest absolute Gasteiger partial charge is 0.495 e. The van der Waals surface area contributed by atoms with Gasteiger partial charge in [0, 0.05) is 16.4 Å². The molecule has 0 saturated carbocycles. The van der Waals surface area contributed by atoms with Gasteiger partial charge < -0.3 is 9.30 Å². The van der Waals surface area contributed by atoms with E-state index in [0.29, 0.717) is 15.9 Å². The number of amidine groups is 2. The minimum Gasteiger partial charge on any atom is -0.495 e. The third kappa shape index (κ3) is 2.94. The molecule has 0 bridgehead atoms. The third-order valence-corrected chi connectivity index (χ3v) is 5.46. The smallest absolute Gasteiger partial charge is 0.283 e. The van der Waals surface area contributed by atoms with Gasteiger partial charge in [0.2, 0.25) is 0 Å². The van der Waals surface area contributed by atoms with Crippen LogP contribution in [0.5, 0.6) is 5.75 Å². The van der Waals surface area contributed by atoms with Crippen molar-refractivity contribution in [3.8, 4) is 11.4 Å². The van der Waals surface area contributed by atoms with Gasteiger partial charge in [-0.25, -0.2) is 0 Å². The van der Waals surface area contributed by atoms with Crippen LogP contribution in [0.2, 0.25) is 5.02 Å². The number of carbonyl (C=O) groups excluding carboxylic acids is 1. The molecule has 2 aromatic rings. The molecule has 1 amide bonds. The van der Waals surface area contributed by atoms with E-state index in [9.17, 15) is 4.79 Å². The molecule has 28 heavy (non-hydrogen) atoms. The minimum atomic E-state index is -0.445. The molecule has 0 fully saturated rings. The summed E-state index contributed by atoms with van der Waals surface area (Å²) < 4.78 is 7.49. The fourth-order valence-electron chi connectivity index (χ4n) is 3.23. The fraction of sp³-hybridized carbons (Fsp3) is 0.158. The minimum absolute atomic E-state index is 0.0152. The maximum Gasteiger partial charge on any atom is 0.283 e. The first-order valence-electron chi connectivity index (χ1n) is 8.36. The average molecular weight is 414 g/mol. The SMILES string of the molecule is COc1ccc(Cl)cc1-n1c(C)cc(/C=C2\C(=N)N3N=CSC3=NC2=O)c1C. The Hall–Kier alpha value is -2.84. The molecule has 0 radical (unpaired) electrons. The Morgan fingerprint density at radius 3 is 2.82 bits per heavy atom. The first-order valence-corrected chi connectivity index (χ1v) is 9.62. The predicted octanol–water partition coefficient (Wildman–Crippen LogP) is 4.01. The van der Waals surface area contributed by atoms with Gasteiger partial charge in [-0.2, -0.15) is 15.1 Å². The number of hydrogen-bond acceptors (Lipinski definition) is 5. The number of amides is 1. The zero-order valence-electron chi connectivity index (χ0n) is 15.4. The van der Waals surface area contributed by atoms with Gasteiger partial charge in [-0.05, 0) is 61.5 Å². The Morgan fingerprint density at radius 2 is 2.07 bits per heavy atom. The molecular weight excluding hydrogens is 398 g/mol. The highest BCUT2D eigenvalue weighted by Crippen LogP contribution is 2.32. The van der Waals surface area contributed by atoms with Gasteiger partial charge >= 0.3 is 0 Å². The van der Waals surface area contributed by atoms with E-state index in [1.165, 1.54) is 16.8 Å². The van der Waals surface area contributed by atoms with E-state index in [1.54, 1.807) is 24.8 Å². The van der Waals surface area contributed by atoms with Crippen LogP contribution in [0.1, 0.15) is 17.0 Å². The lowest BCUT2D eigenvalue weighted by molar-refractivity contribution is -0.114. The van der Waals surface area contributed by atoms with Crippen molar-refractivity contribution in [2.45, 2.75) is 13.8 Å². The lowest BCUT2D eigenvalue weighted by Crippen LogP contribution is -2.35. The highest BCUT2D eigenvalue weighted by atomic mass is 35.5. The molecule has 0 unspecified atom stereocenters.